The Kier molecular flexibility index (Phi) is 9.89. The number of carbonyl (C=O) groups excluding carboxylic acids is 2. The summed E-state index contributed by atoms with van der Waals surface area (Å²) in [6, 6.07) is 13.8. The lowest BCUT2D eigenvalue weighted by Gasteiger charge is -2.35. The van der Waals surface area contributed by atoms with Crippen molar-refractivity contribution in [3.63, 3.8) is 0 Å². The second kappa shape index (κ2) is 14.9. The maximum atomic E-state index is 13.6. The summed E-state index contributed by atoms with van der Waals surface area (Å²) in [6.45, 7) is 10.8. The number of benzene rings is 3. The summed E-state index contributed by atoms with van der Waals surface area (Å²) in [7, 11) is 2.13. The Morgan fingerprint density at radius 1 is 0.692 bits per heavy atom. The zero-order chi connectivity index (χ0) is 35.8. The molecular formula is C40H50N8O4. The van der Waals surface area contributed by atoms with E-state index < -0.39 is 0 Å². The van der Waals surface area contributed by atoms with Gasteiger partial charge in [-0.05, 0) is 81.7 Å². The summed E-state index contributed by atoms with van der Waals surface area (Å²) < 4.78 is 1.53. The Hall–Kier alpha value is -4.49. The van der Waals surface area contributed by atoms with E-state index in [1.54, 1.807) is 0 Å². The number of hydrogen-bond donors (Lipinski definition) is 4. The second-order valence-electron chi connectivity index (χ2n) is 14.6. The van der Waals surface area contributed by atoms with Crippen LogP contribution in [0, 0.1) is 0 Å². The van der Waals surface area contributed by atoms with E-state index in [1.165, 1.54) is 20.7 Å². The number of aryl methyl sites for hydroxylation is 2. The minimum Gasteiger partial charge on any atom is -0.494 e. The van der Waals surface area contributed by atoms with Gasteiger partial charge in [0.1, 0.15) is 0 Å². The summed E-state index contributed by atoms with van der Waals surface area (Å²) in [5.74, 6) is -0.366. The van der Waals surface area contributed by atoms with Crippen LogP contribution in [0.2, 0.25) is 0 Å². The zero-order valence-electron chi connectivity index (χ0n) is 30.2. The summed E-state index contributed by atoms with van der Waals surface area (Å²) in [6.07, 6.45) is 3.49. The van der Waals surface area contributed by atoms with Crippen LogP contribution in [-0.4, -0.2) is 123 Å². The van der Waals surface area contributed by atoms with Crippen LogP contribution in [0.5, 0.6) is 5.88 Å². The third-order valence-electron chi connectivity index (χ3n) is 11.4. The van der Waals surface area contributed by atoms with Crippen molar-refractivity contribution >= 4 is 44.7 Å². The maximum Gasteiger partial charge on any atom is 0.261 e. The van der Waals surface area contributed by atoms with Crippen LogP contribution in [-0.2, 0) is 19.4 Å². The van der Waals surface area contributed by atoms with E-state index in [0.29, 0.717) is 49.2 Å². The Balaban J connectivity index is 0.825. The van der Waals surface area contributed by atoms with Crippen molar-refractivity contribution in [2.24, 2.45) is 0 Å². The first kappa shape index (κ1) is 34.6. The lowest BCUT2D eigenvalue weighted by Crippen LogP contribution is -2.45. The molecule has 1 aromatic heterocycles. The highest BCUT2D eigenvalue weighted by Gasteiger charge is 2.34. The Morgan fingerprint density at radius 3 is 2.13 bits per heavy atom. The smallest absolute Gasteiger partial charge is 0.261 e. The molecule has 8 rings (SSSR count). The van der Waals surface area contributed by atoms with E-state index in [0.717, 1.165) is 112 Å². The highest BCUT2D eigenvalue weighted by molar-refractivity contribution is 6.26. The molecular weight excluding hydrogens is 656 g/mol. The SMILES string of the molecule is CN1CCN(c2ccc3c4c(cccc24)C(=O)N(CCNCCCNCCn2c(O)c4c5c(c(N6CCNCC6)ccc5c2=O)CCC4)C3=O)CC1. The molecule has 12 heteroatoms. The van der Waals surface area contributed by atoms with Crippen LogP contribution in [0.3, 0.4) is 0 Å². The molecule has 2 fully saturated rings. The van der Waals surface area contributed by atoms with Gasteiger partial charge < -0.3 is 35.8 Å². The van der Waals surface area contributed by atoms with Gasteiger partial charge in [-0.3, -0.25) is 23.9 Å². The van der Waals surface area contributed by atoms with Crippen molar-refractivity contribution in [1.29, 1.82) is 0 Å². The minimum absolute atomic E-state index is 0.107. The molecule has 0 radical (unpaired) electrons. The molecule has 4 N–H and O–H groups in total. The molecule has 4 aromatic rings. The van der Waals surface area contributed by atoms with Gasteiger partial charge in [0, 0.05) is 128 Å². The first-order valence-corrected chi connectivity index (χ1v) is 19.0. The van der Waals surface area contributed by atoms with Crippen LogP contribution in [0.4, 0.5) is 11.4 Å². The predicted octanol–water partition coefficient (Wildman–Crippen LogP) is 2.38. The molecule has 0 bridgehead atoms. The number of imide groups is 1. The van der Waals surface area contributed by atoms with E-state index in [9.17, 15) is 19.5 Å². The number of aromatic hydroxyl groups is 1. The normalized spacial score (nSPS) is 17.9. The lowest BCUT2D eigenvalue weighted by molar-refractivity contribution is 0.0612. The summed E-state index contributed by atoms with van der Waals surface area (Å²) in [4.78, 5) is 49.2. The van der Waals surface area contributed by atoms with Crippen molar-refractivity contribution in [3.05, 3.63) is 75.1 Å². The number of aromatic nitrogens is 1. The van der Waals surface area contributed by atoms with Crippen molar-refractivity contribution < 1.29 is 14.7 Å². The highest BCUT2D eigenvalue weighted by Crippen LogP contribution is 2.39. The van der Waals surface area contributed by atoms with E-state index in [-0.39, 0.29) is 23.3 Å². The molecule has 3 aromatic carbocycles. The van der Waals surface area contributed by atoms with Gasteiger partial charge in [-0.1, -0.05) is 12.1 Å². The van der Waals surface area contributed by atoms with Gasteiger partial charge in [-0.15, -0.1) is 0 Å². The number of pyridine rings is 1. The molecule has 2 amide bonds. The standard InChI is InChI=1S/C40H50N8O4/c1-44-23-25-46(26-24-44)34-12-10-32-36-28(34)6-3-8-30(36)38(50)48(40(32)52)22-18-42-14-4-13-41-17-21-47-37(49)29-7-2-5-27-33(45-19-15-43-16-20-45)11-9-31(35(27)29)39(47)51/h3,6,8-12,41-43,49H,2,4-5,7,13-26H2,1H3. The summed E-state index contributed by atoms with van der Waals surface area (Å²) >= 11 is 0. The van der Waals surface area contributed by atoms with Crippen LogP contribution < -0.4 is 31.3 Å². The molecule has 4 aliphatic rings. The van der Waals surface area contributed by atoms with E-state index in [1.807, 2.05) is 36.4 Å². The van der Waals surface area contributed by atoms with Gasteiger partial charge in [0.15, 0.2) is 5.88 Å². The lowest BCUT2D eigenvalue weighted by atomic mass is 9.88. The fraction of sp³-hybridized carbons (Fsp3) is 0.475. The van der Waals surface area contributed by atoms with E-state index >= 15 is 0 Å². The first-order valence-electron chi connectivity index (χ1n) is 19.0. The third-order valence-corrected chi connectivity index (χ3v) is 11.4. The molecule has 2 saturated heterocycles. The zero-order valence-corrected chi connectivity index (χ0v) is 30.2. The quantitative estimate of drug-likeness (QED) is 0.129. The van der Waals surface area contributed by atoms with Crippen LogP contribution in [0.1, 0.15) is 44.7 Å². The molecule has 0 atom stereocenters. The van der Waals surface area contributed by atoms with Crippen molar-refractivity contribution in [1.82, 2.24) is 30.3 Å². The van der Waals surface area contributed by atoms with E-state index in [4.69, 9.17) is 0 Å². The molecule has 3 aliphatic heterocycles. The monoisotopic (exact) mass is 706 g/mol. The molecule has 0 spiro atoms. The van der Waals surface area contributed by atoms with Crippen molar-refractivity contribution in [2.75, 3.05) is 102 Å². The topological polar surface area (TPSA) is 125 Å². The Labute approximate surface area is 304 Å². The second-order valence-corrected chi connectivity index (χ2v) is 14.6. The molecule has 4 heterocycles. The van der Waals surface area contributed by atoms with Crippen molar-refractivity contribution in [3.8, 4) is 5.88 Å². The molecule has 52 heavy (non-hydrogen) atoms. The molecule has 274 valence electrons. The number of hydrogen-bond acceptors (Lipinski definition) is 10. The van der Waals surface area contributed by atoms with Gasteiger partial charge >= 0.3 is 0 Å². The third kappa shape index (κ3) is 6.31. The van der Waals surface area contributed by atoms with Gasteiger partial charge in [0.05, 0.1) is 0 Å². The number of nitrogens with one attached hydrogen (secondary N) is 3. The summed E-state index contributed by atoms with van der Waals surface area (Å²) in [5.41, 5.74) is 5.44. The van der Waals surface area contributed by atoms with Crippen LogP contribution >= 0.6 is 0 Å². The number of likely N-dealkylation sites (N-methyl/N-ethyl adjacent to an activating group) is 1. The van der Waals surface area contributed by atoms with Crippen LogP contribution in [0.15, 0.2) is 47.3 Å². The average Bonchev–Trinajstić information content (AvgIpc) is 3.17. The van der Waals surface area contributed by atoms with Gasteiger partial charge in [-0.2, -0.15) is 0 Å². The molecule has 0 saturated carbocycles. The van der Waals surface area contributed by atoms with E-state index in [2.05, 4.69) is 43.8 Å². The molecule has 0 unspecified atom stereocenters. The number of piperazine rings is 2. The fourth-order valence-electron chi connectivity index (χ4n) is 8.64. The number of carbonyl (C=O) groups is 2. The number of rotatable bonds is 12. The summed E-state index contributed by atoms with van der Waals surface area (Å²) in [5, 5.41) is 24.9. The Morgan fingerprint density at radius 2 is 1.37 bits per heavy atom. The van der Waals surface area contributed by atoms with Gasteiger partial charge in [-0.25, -0.2) is 0 Å². The van der Waals surface area contributed by atoms with Crippen molar-refractivity contribution in [2.45, 2.75) is 32.2 Å². The largest absolute Gasteiger partial charge is 0.494 e. The minimum atomic E-state index is -0.236. The van der Waals surface area contributed by atoms with Gasteiger partial charge in [0.2, 0.25) is 0 Å². The fourth-order valence-corrected chi connectivity index (χ4v) is 8.64. The first-order chi connectivity index (χ1) is 25.4. The highest BCUT2D eigenvalue weighted by atomic mass is 16.3. The molecule has 1 aliphatic carbocycles. The van der Waals surface area contributed by atoms with Crippen LogP contribution in [0.25, 0.3) is 21.5 Å². The average molecular weight is 707 g/mol. The molecule has 12 nitrogen and oxygen atoms in total. The number of nitrogens with zero attached hydrogens (tertiary/aromatic N) is 5. The predicted molar refractivity (Wildman–Crippen MR) is 206 cm³/mol. The number of anilines is 2. The maximum absolute atomic E-state index is 13.6. The number of amides is 2. The Bertz CT molecular complexity index is 2040. The van der Waals surface area contributed by atoms with Gasteiger partial charge in [0.25, 0.3) is 17.4 Å².